The highest BCUT2D eigenvalue weighted by molar-refractivity contribution is 7.13. The summed E-state index contributed by atoms with van der Waals surface area (Å²) in [6, 6.07) is 3.56. The molecule has 1 saturated carbocycles. The normalized spacial score (nSPS) is 20.2. The van der Waals surface area contributed by atoms with Crippen LogP contribution in [-0.2, 0) is 11.3 Å². The summed E-state index contributed by atoms with van der Waals surface area (Å²) < 4.78 is 11.1. The van der Waals surface area contributed by atoms with Gasteiger partial charge < -0.3 is 14.1 Å². The monoisotopic (exact) mass is 347 g/mol. The van der Waals surface area contributed by atoms with Crippen molar-refractivity contribution in [2.24, 2.45) is 0 Å². The zero-order chi connectivity index (χ0) is 16.4. The maximum atomic E-state index is 12.7. The van der Waals surface area contributed by atoms with Crippen LogP contribution in [0.3, 0.4) is 0 Å². The van der Waals surface area contributed by atoms with Gasteiger partial charge in [-0.15, -0.1) is 11.3 Å². The number of ether oxygens (including phenoxy) is 1. The van der Waals surface area contributed by atoms with Crippen LogP contribution in [-0.4, -0.2) is 35.2 Å². The van der Waals surface area contributed by atoms with Gasteiger partial charge in [0.05, 0.1) is 24.6 Å². The van der Waals surface area contributed by atoms with Gasteiger partial charge in [-0.1, -0.05) is 0 Å². The molecule has 1 aliphatic heterocycles. The number of amides is 2. The van der Waals surface area contributed by atoms with Gasteiger partial charge in [-0.05, 0) is 37.8 Å². The summed E-state index contributed by atoms with van der Waals surface area (Å²) in [6.45, 7) is 1.77. The Morgan fingerprint density at radius 2 is 2.33 bits per heavy atom. The number of nitrogens with one attached hydrogen (secondary N) is 1. The quantitative estimate of drug-likeness (QED) is 0.862. The Hall–Kier alpha value is -1.86. The molecule has 1 saturated heterocycles. The summed E-state index contributed by atoms with van der Waals surface area (Å²) in [4.78, 5) is 19.0. The smallest absolute Gasteiger partial charge is 0.324 e. The van der Waals surface area contributed by atoms with Gasteiger partial charge >= 0.3 is 6.03 Å². The van der Waals surface area contributed by atoms with Gasteiger partial charge in [-0.2, -0.15) is 0 Å². The summed E-state index contributed by atoms with van der Waals surface area (Å²) in [5, 5.41) is 5.64. The second-order valence-electron chi connectivity index (χ2n) is 6.38. The number of rotatable bonds is 6. The fourth-order valence-corrected chi connectivity index (χ4v) is 3.71. The largest absolute Gasteiger partial charge is 0.467 e. The van der Waals surface area contributed by atoms with E-state index in [4.69, 9.17) is 9.15 Å². The molecule has 1 N–H and O–H groups in total. The summed E-state index contributed by atoms with van der Waals surface area (Å²) >= 11 is 1.49. The van der Waals surface area contributed by atoms with E-state index in [-0.39, 0.29) is 12.1 Å². The SMILES string of the molecule is O=C(Nc1nc(C2CC2)cs1)N(Cc1ccco1)C[C@@H]1CCCO1. The van der Waals surface area contributed by atoms with Gasteiger partial charge in [0.15, 0.2) is 5.13 Å². The summed E-state index contributed by atoms with van der Waals surface area (Å²) in [7, 11) is 0. The van der Waals surface area contributed by atoms with Crippen LogP contribution in [0.2, 0.25) is 0 Å². The summed E-state index contributed by atoms with van der Waals surface area (Å²) in [5.41, 5.74) is 1.10. The molecule has 0 unspecified atom stereocenters. The molecule has 1 aliphatic carbocycles. The first kappa shape index (κ1) is 15.7. The van der Waals surface area contributed by atoms with Crippen molar-refractivity contribution in [2.75, 3.05) is 18.5 Å². The molecule has 0 spiro atoms. The Morgan fingerprint density at radius 3 is 3.04 bits per heavy atom. The number of carbonyl (C=O) groups is 1. The number of nitrogens with zero attached hydrogens (tertiary/aromatic N) is 2. The highest BCUT2D eigenvalue weighted by Gasteiger charge is 2.27. The van der Waals surface area contributed by atoms with Crippen LogP contribution in [0.5, 0.6) is 0 Å². The number of carbonyl (C=O) groups excluding carboxylic acids is 1. The molecule has 1 atom stereocenters. The number of hydrogen-bond acceptors (Lipinski definition) is 5. The van der Waals surface area contributed by atoms with E-state index in [0.29, 0.717) is 24.1 Å². The second-order valence-corrected chi connectivity index (χ2v) is 7.23. The molecule has 3 heterocycles. The number of anilines is 1. The lowest BCUT2D eigenvalue weighted by molar-refractivity contribution is 0.0803. The molecule has 7 heteroatoms. The lowest BCUT2D eigenvalue weighted by Crippen LogP contribution is -2.39. The fraction of sp³-hybridized carbons (Fsp3) is 0.529. The third-order valence-corrected chi connectivity index (χ3v) is 5.17. The van der Waals surface area contributed by atoms with Gasteiger partial charge in [-0.25, -0.2) is 9.78 Å². The Balaban J connectivity index is 1.42. The predicted molar refractivity (Wildman–Crippen MR) is 91.2 cm³/mol. The van der Waals surface area contributed by atoms with Crippen molar-refractivity contribution in [1.82, 2.24) is 9.88 Å². The first-order valence-corrected chi connectivity index (χ1v) is 9.31. The number of aromatic nitrogens is 1. The van der Waals surface area contributed by atoms with E-state index in [1.165, 1.54) is 24.2 Å². The van der Waals surface area contributed by atoms with Gasteiger partial charge in [-0.3, -0.25) is 5.32 Å². The lowest BCUT2D eigenvalue weighted by atomic mass is 10.2. The maximum Gasteiger partial charge on any atom is 0.324 e. The molecule has 2 amide bonds. The van der Waals surface area contributed by atoms with Crippen molar-refractivity contribution < 1.29 is 13.9 Å². The van der Waals surface area contributed by atoms with E-state index >= 15 is 0 Å². The highest BCUT2D eigenvalue weighted by atomic mass is 32.1. The van der Waals surface area contributed by atoms with Crippen molar-refractivity contribution in [1.29, 1.82) is 0 Å². The van der Waals surface area contributed by atoms with E-state index in [1.54, 1.807) is 11.2 Å². The van der Waals surface area contributed by atoms with Crippen LogP contribution in [0.15, 0.2) is 28.2 Å². The van der Waals surface area contributed by atoms with E-state index in [0.717, 1.165) is 30.9 Å². The van der Waals surface area contributed by atoms with Crippen LogP contribution >= 0.6 is 11.3 Å². The molecule has 2 fully saturated rings. The van der Waals surface area contributed by atoms with Gasteiger partial charge in [0.1, 0.15) is 5.76 Å². The van der Waals surface area contributed by atoms with Crippen LogP contribution in [0.25, 0.3) is 0 Å². The van der Waals surface area contributed by atoms with Crippen molar-refractivity contribution in [2.45, 2.75) is 44.2 Å². The molecule has 0 aromatic carbocycles. The maximum absolute atomic E-state index is 12.7. The minimum absolute atomic E-state index is 0.101. The van der Waals surface area contributed by atoms with Gasteiger partial charge in [0, 0.05) is 24.4 Å². The fourth-order valence-electron chi connectivity index (χ4n) is 2.92. The molecule has 6 nitrogen and oxygen atoms in total. The van der Waals surface area contributed by atoms with Crippen molar-refractivity contribution in [3.05, 3.63) is 35.2 Å². The van der Waals surface area contributed by atoms with Crippen molar-refractivity contribution >= 4 is 22.5 Å². The molecule has 0 radical (unpaired) electrons. The zero-order valence-corrected chi connectivity index (χ0v) is 14.3. The third-order valence-electron chi connectivity index (χ3n) is 4.39. The molecule has 4 rings (SSSR count). The molecule has 0 bridgehead atoms. The third kappa shape index (κ3) is 3.79. The lowest BCUT2D eigenvalue weighted by Gasteiger charge is -2.24. The average molecular weight is 347 g/mol. The second kappa shape index (κ2) is 6.94. The Kier molecular flexibility index (Phi) is 4.53. The highest BCUT2D eigenvalue weighted by Crippen LogP contribution is 2.40. The van der Waals surface area contributed by atoms with E-state index < -0.39 is 0 Å². The molecule has 2 aromatic rings. The molecule has 128 valence electrons. The van der Waals surface area contributed by atoms with Crippen molar-refractivity contribution in [3.63, 3.8) is 0 Å². The van der Waals surface area contributed by atoms with Crippen LogP contribution in [0.1, 0.15) is 43.1 Å². The molecule has 24 heavy (non-hydrogen) atoms. The average Bonchev–Trinajstić information content (AvgIpc) is 3.01. The Labute approximate surface area is 144 Å². The number of thiazole rings is 1. The Morgan fingerprint density at radius 1 is 1.42 bits per heavy atom. The van der Waals surface area contributed by atoms with Crippen LogP contribution in [0.4, 0.5) is 9.93 Å². The van der Waals surface area contributed by atoms with Gasteiger partial charge in [0.25, 0.3) is 0 Å². The van der Waals surface area contributed by atoms with E-state index in [1.807, 2.05) is 17.5 Å². The number of urea groups is 1. The standard InChI is InChI=1S/C17H21N3O3S/c21-17(19-16-18-15(11-24-16)12-5-6-12)20(9-13-3-1-7-22-13)10-14-4-2-8-23-14/h1,3,7,11-12,14H,2,4-6,8-10H2,(H,18,19,21)/t14-/m0/s1. The Bertz CT molecular complexity index is 675. The van der Waals surface area contributed by atoms with Crippen LogP contribution in [0, 0.1) is 0 Å². The summed E-state index contributed by atoms with van der Waals surface area (Å²) in [6.07, 6.45) is 6.19. The zero-order valence-electron chi connectivity index (χ0n) is 13.4. The predicted octanol–water partition coefficient (Wildman–Crippen LogP) is 3.83. The minimum Gasteiger partial charge on any atom is -0.467 e. The molecule has 2 aromatic heterocycles. The first-order valence-electron chi connectivity index (χ1n) is 8.43. The van der Waals surface area contributed by atoms with Crippen LogP contribution < -0.4 is 5.32 Å². The first-order chi connectivity index (χ1) is 11.8. The van der Waals surface area contributed by atoms with Crippen molar-refractivity contribution in [3.8, 4) is 0 Å². The van der Waals surface area contributed by atoms with E-state index in [9.17, 15) is 4.79 Å². The molecular formula is C17H21N3O3S. The van der Waals surface area contributed by atoms with Gasteiger partial charge in [0.2, 0.25) is 0 Å². The molecular weight excluding hydrogens is 326 g/mol. The van der Waals surface area contributed by atoms with E-state index in [2.05, 4.69) is 10.3 Å². The minimum atomic E-state index is -0.154. The topological polar surface area (TPSA) is 67.6 Å². The number of hydrogen-bond donors (Lipinski definition) is 1. The number of furan rings is 1. The summed E-state index contributed by atoms with van der Waals surface area (Å²) in [5.74, 6) is 1.36. The molecule has 2 aliphatic rings.